The van der Waals surface area contributed by atoms with Gasteiger partial charge in [0.15, 0.2) is 24.3 Å². The van der Waals surface area contributed by atoms with Crippen molar-refractivity contribution in [1.29, 1.82) is 0 Å². The second kappa shape index (κ2) is 11.0. The molecule has 0 bridgehead atoms. The van der Waals surface area contributed by atoms with Crippen molar-refractivity contribution in [2.24, 2.45) is 0 Å². The molecule has 0 aliphatic carbocycles. The smallest absolute Gasteiger partial charge is 0.305 e. The number of hydrogen-bond acceptors (Lipinski definition) is 12. The first-order chi connectivity index (χ1) is 14.6. The highest BCUT2D eigenvalue weighted by Gasteiger charge is 2.53. The molecule has 6 atom stereocenters. The molecule has 2 heterocycles. The van der Waals surface area contributed by atoms with E-state index in [1.54, 1.807) is 0 Å². The van der Waals surface area contributed by atoms with Crippen LogP contribution in [0.3, 0.4) is 0 Å². The van der Waals surface area contributed by atoms with Crippen LogP contribution < -0.4 is 0 Å². The van der Waals surface area contributed by atoms with Crippen LogP contribution >= 0.6 is 0 Å². The summed E-state index contributed by atoms with van der Waals surface area (Å²) in [5.74, 6) is -3.27. The molecule has 2 rings (SSSR count). The van der Waals surface area contributed by atoms with Gasteiger partial charge in [-0.1, -0.05) is 0 Å². The molecular formula is C19H24O12. The number of ketones is 1. The van der Waals surface area contributed by atoms with Crippen molar-refractivity contribution in [1.82, 2.24) is 0 Å². The van der Waals surface area contributed by atoms with Crippen LogP contribution in [0.5, 0.6) is 0 Å². The molecular weight excluding hydrogens is 420 g/mol. The minimum absolute atomic E-state index is 0.180. The molecule has 0 radical (unpaired) electrons. The highest BCUT2D eigenvalue weighted by atomic mass is 16.8. The third-order valence-electron chi connectivity index (χ3n) is 4.03. The topological polar surface area (TPSA) is 150 Å². The number of carbonyl (C=O) groups excluding carboxylic acids is 5. The van der Waals surface area contributed by atoms with Crippen LogP contribution in [-0.4, -0.2) is 79.9 Å². The van der Waals surface area contributed by atoms with Crippen molar-refractivity contribution in [3.63, 3.8) is 0 Å². The maximum atomic E-state index is 11.7. The van der Waals surface area contributed by atoms with E-state index in [0.717, 1.165) is 27.7 Å². The Morgan fingerprint density at radius 3 is 1.94 bits per heavy atom. The molecule has 2 aliphatic rings. The summed E-state index contributed by atoms with van der Waals surface area (Å²) in [6.07, 6.45) is -4.84. The van der Waals surface area contributed by atoms with Crippen LogP contribution in [0.1, 0.15) is 27.7 Å². The Labute approximate surface area is 177 Å². The minimum Gasteiger partial charge on any atom is -0.456 e. The summed E-state index contributed by atoms with van der Waals surface area (Å²) in [5.41, 5.74) is 0. The first-order valence-corrected chi connectivity index (χ1v) is 9.35. The van der Waals surface area contributed by atoms with Crippen molar-refractivity contribution >= 4 is 29.7 Å². The van der Waals surface area contributed by atoms with Crippen molar-refractivity contribution in [3.05, 3.63) is 12.2 Å². The molecule has 0 N–H and O–H groups in total. The van der Waals surface area contributed by atoms with E-state index in [1.165, 1.54) is 12.2 Å². The number of ether oxygens (including phenoxy) is 7. The molecule has 0 unspecified atom stereocenters. The predicted molar refractivity (Wildman–Crippen MR) is 96.9 cm³/mol. The van der Waals surface area contributed by atoms with E-state index in [1.807, 2.05) is 0 Å². The van der Waals surface area contributed by atoms with Gasteiger partial charge in [-0.2, -0.15) is 0 Å². The largest absolute Gasteiger partial charge is 0.456 e. The van der Waals surface area contributed by atoms with E-state index in [9.17, 15) is 24.0 Å². The Morgan fingerprint density at radius 2 is 1.42 bits per heavy atom. The van der Waals surface area contributed by atoms with Gasteiger partial charge in [0.05, 0.1) is 6.61 Å². The van der Waals surface area contributed by atoms with Gasteiger partial charge in [-0.05, 0) is 12.2 Å². The quantitative estimate of drug-likeness (QED) is 0.370. The molecule has 1 saturated heterocycles. The van der Waals surface area contributed by atoms with Gasteiger partial charge >= 0.3 is 23.9 Å². The number of hydrogen-bond donors (Lipinski definition) is 0. The predicted octanol–water partition coefficient (Wildman–Crippen LogP) is -0.432. The Balaban J connectivity index is 2.31. The summed E-state index contributed by atoms with van der Waals surface area (Å²) in [4.78, 5) is 57.8. The van der Waals surface area contributed by atoms with Gasteiger partial charge in [0, 0.05) is 27.7 Å². The molecule has 1 fully saturated rings. The molecule has 31 heavy (non-hydrogen) atoms. The zero-order valence-corrected chi connectivity index (χ0v) is 17.4. The molecule has 0 aromatic rings. The molecule has 12 nitrogen and oxygen atoms in total. The Bertz CT molecular complexity index is 744. The molecule has 2 aliphatic heterocycles. The van der Waals surface area contributed by atoms with Gasteiger partial charge in [-0.25, -0.2) is 0 Å². The van der Waals surface area contributed by atoms with Crippen molar-refractivity contribution in [2.75, 3.05) is 13.2 Å². The highest BCUT2D eigenvalue weighted by molar-refractivity contribution is 5.91. The average molecular weight is 444 g/mol. The summed E-state index contributed by atoms with van der Waals surface area (Å²) in [5, 5.41) is 0. The van der Waals surface area contributed by atoms with Crippen LogP contribution in [0, 0.1) is 0 Å². The highest BCUT2D eigenvalue weighted by Crippen LogP contribution is 2.30. The zero-order valence-electron chi connectivity index (χ0n) is 17.4. The second-order valence-electron chi connectivity index (χ2n) is 6.71. The minimum atomic E-state index is -1.48. The molecule has 0 spiro atoms. The third-order valence-corrected chi connectivity index (χ3v) is 4.03. The molecule has 0 aromatic carbocycles. The summed E-state index contributed by atoms with van der Waals surface area (Å²) >= 11 is 0. The van der Waals surface area contributed by atoms with Crippen molar-refractivity contribution < 1.29 is 57.1 Å². The second-order valence-corrected chi connectivity index (χ2v) is 6.71. The van der Waals surface area contributed by atoms with Crippen LogP contribution in [0.15, 0.2) is 12.2 Å². The summed E-state index contributed by atoms with van der Waals surface area (Å²) in [7, 11) is 0. The third kappa shape index (κ3) is 7.42. The Kier molecular flexibility index (Phi) is 8.65. The standard InChI is InChI=1S/C19H24O12/c1-9(20)27-16-14(8-26-15-6-5-13(24)7-25-15)31-19(30-12(4)23)18(29-11(3)22)17(16)28-10(2)21/h5-6,14-19H,7-8H2,1-4H3/t14-,15-,16-,17+,18-,19-/m1/s1. The molecule has 12 heteroatoms. The lowest BCUT2D eigenvalue weighted by Gasteiger charge is -2.43. The van der Waals surface area contributed by atoms with Gasteiger partial charge in [-0.15, -0.1) is 0 Å². The van der Waals surface area contributed by atoms with Crippen molar-refractivity contribution in [3.8, 4) is 0 Å². The SMILES string of the molecule is CC(=O)O[C@@H]1O[C@H](CO[C@@H]2C=CC(=O)CO2)[C@@H](OC(C)=O)[C@H](OC(C)=O)[C@H]1OC(C)=O. The fourth-order valence-electron chi connectivity index (χ4n) is 2.99. The van der Waals surface area contributed by atoms with Gasteiger partial charge in [0.2, 0.25) is 12.4 Å². The first kappa shape index (κ1) is 24.4. The fraction of sp³-hybridized carbons (Fsp3) is 0.632. The van der Waals surface area contributed by atoms with Crippen LogP contribution in [0.2, 0.25) is 0 Å². The average Bonchev–Trinajstić information content (AvgIpc) is 2.65. The van der Waals surface area contributed by atoms with Crippen LogP contribution in [-0.2, 0) is 57.1 Å². The summed E-state index contributed by atoms with van der Waals surface area (Å²) < 4.78 is 37.2. The molecule has 0 aromatic heterocycles. The fourth-order valence-corrected chi connectivity index (χ4v) is 2.99. The van der Waals surface area contributed by atoms with Crippen LogP contribution in [0.25, 0.3) is 0 Å². The van der Waals surface area contributed by atoms with Gasteiger partial charge in [0.1, 0.15) is 12.7 Å². The lowest BCUT2D eigenvalue weighted by atomic mass is 9.98. The molecule has 0 amide bonds. The molecule has 172 valence electrons. The normalized spacial score (nSPS) is 30.3. The molecule has 0 saturated carbocycles. The monoisotopic (exact) mass is 444 g/mol. The summed E-state index contributed by atoms with van der Waals surface area (Å²) in [6.45, 7) is 3.98. The zero-order chi connectivity index (χ0) is 23.1. The van der Waals surface area contributed by atoms with Crippen molar-refractivity contribution in [2.45, 2.75) is 64.7 Å². The lowest BCUT2D eigenvalue weighted by Crippen LogP contribution is -2.63. The number of rotatable bonds is 7. The van der Waals surface area contributed by atoms with E-state index in [0.29, 0.717) is 0 Å². The maximum absolute atomic E-state index is 11.7. The number of carbonyl (C=O) groups is 5. The van der Waals surface area contributed by atoms with E-state index in [4.69, 9.17) is 33.2 Å². The van der Waals surface area contributed by atoms with Gasteiger partial charge in [0.25, 0.3) is 0 Å². The Hall–Kier alpha value is -2.83. The summed E-state index contributed by atoms with van der Waals surface area (Å²) in [6, 6.07) is 0. The maximum Gasteiger partial charge on any atom is 0.305 e. The lowest BCUT2D eigenvalue weighted by molar-refractivity contribution is -0.305. The number of esters is 4. The van der Waals surface area contributed by atoms with E-state index >= 15 is 0 Å². The van der Waals surface area contributed by atoms with Gasteiger partial charge < -0.3 is 33.2 Å². The van der Waals surface area contributed by atoms with Gasteiger partial charge in [-0.3, -0.25) is 24.0 Å². The van der Waals surface area contributed by atoms with E-state index in [2.05, 4.69) is 0 Å². The van der Waals surface area contributed by atoms with E-state index < -0.39 is 60.9 Å². The first-order valence-electron chi connectivity index (χ1n) is 9.35. The van der Waals surface area contributed by atoms with Crippen LogP contribution in [0.4, 0.5) is 0 Å². The van der Waals surface area contributed by atoms with E-state index in [-0.39, 0.29) is 19.0 Å². The Morgan fingerprint density at radius 1 is 0.871 bits per heavy atom.